The van der Waals surface area contributed by atoms with Crippen molar-refractivity contribution in [3.63, 3.8) is 0 Å². The second-order valence-electron chi connectivity index (χ2n) is 15.3. The zero-order chi connectivity index (χ0) is 31.6. The second-order valence-corrected chi connectivity index (χ2v) is 15.3. The van der Waals surface area contributed by atoms with Crippen LogP contribution in [0.1, 0.15) is 123 Å². The maximum Gasteiger partial charge on any atom is 0.251 e. The van der Waals surface area contributed by atoms with E-state index >= 15 is 0 Å². The van der Waals surface area contributed by atoms with Crippen LogP contribution in [0.2, 0.25) is 0 Å². The number of aryl methyl sites for hydroxylation is 2. The van der Waals surface area contributed by atoms with E-state index in [0.717, 1.165) is 33.5 Å². The number of hydrogen-bond donors (Lipinski definition) is 2. The van der Waals surface area contributed by atoms with Gasteiger partial charge in [-0.1, -0.05) is 34.6 Å². The van der Waals surface area contributed by atoms with E-state index in [1.165, 1.54) is 27.8 Å². The Morgan fingerprint density at radius 3 is 1.61 bits per heavy atom. The van der Waals surface area contributed by atoms with Crippen LogP contribution in [0.4, 0.5) is 0 Å². The number of piperidine rings is 1. The normalized spacial score (nSPS) is 22.8. The predicted octanol–water partition coefficient (Wildman–Crippen LogP) is 8.06. The lowest BCUT2D eigenvalue weighted by molar-refractivity contribution is -0.134. The molecule has 3 aromatic rings. The molecule has 5 nitrogen and oxygen atoms in total. The summed E-state index contributed by atoms with van der Waals surface area (Å²) in [5.74, 6) is -0.427. The Morgan fingerprint density at radius 2 is 1.15 bits per heavy atom. The van der Waals surface area contributed by atoms with Crippen LogP contribution in [0, 0.1) is 66.2 Å². The molecule has 1 amide bonds. The van der Waals surface area contributed by atoms with Gasteiger partial charge in [0, 0.05) is 27.6 Å². The van der Waals surface area contributed by atoms with E-state index in [0.29, 0.717) is 11.1 Å². The summed E-state index contributed by atoms with van der Waals surface area (Å²) in [6.07, 6.45) is 0. The number of nitrogens with two attached hydrogens (primary N) is 1. The van der Waals surface area contributed by atoms with Crippen LogP contribution in [-0.2, 0) is 5.41 Å². The standard InChI is InChI=1S/C36H54N4O/c1-18-19(2)26-25(8)40(38-29(26)27(20(18)3)31(37)41)30-23(6)21(4)28(22(5)24(30)7)36(17)33(11,12)32(9,10)34(13,14)39-35(36,15)16/h39H,1-17H3,(H2,37,41)/t36-/m1/s1. The van der Waals surface area contributed by atoms with E-state index in [1.807, 2.05) is 6.92 Å². The monoisotopic (exact) mass is 558 g/mol. The minimum absolute atomic E-state index is 0.00165. The summed E-state index contributed by atoms with van der Waals surface area (Å²) in [4.78, 5) is 12.6. The molecule has 1 aliphatic rings. The fourth-order valence-corrected chi connectivity index (χ4v) is 8.71. The van der Waals surface area contributed by atoms with Gasteiger partial charge in [-0.25, -0.2) is 4.68 Å². The first-order valence-corrected chi connectivity index (χ1v) is 15.1. The number of hydrogen-bond acceptors (Lipinski definition) is 3. The number of nitrogens with one attached hydrogen (secondary N) is 1. The fraction of sp³-hybridized carbons (Fsp3) is 0.611. The van der Waals surface area contributed by atoms with Crippen molar-refractivity contribution >= 4 is 16.8 Å². The predicted molar refractivity (Wildman–Crippen MR) is 174 cm³/mol. The van der Waals surface area contributed by atoms with Gasteiger partial charge < -0.3 is 11.1 Å². The van der Waals surface area contributed by atoms with Crippen molar-refractivity contribution in [1.29, 1.82) is 0 Å². The van der Waals surface area contributed by atoms with Crippen LogP contribution >= 0.6 is 0 Å². The van der Waals surface area contributed by atoms with Crippen molar-refractivity contribution in [2.45, 2.75) is 134 Å². The molecule has 0 radical (unpaired) electrons. The van der Waals surface area contributed by atoms with E-state index in [1.54, 1.807) is 0 Å². The van der Waals surface area contributed by atoms with Gasteiger partial charge in [0.25, 0.3) is 5.91 Å². The summed E-state index contributed by atoms with van der Waals surface area (Å²) >= 11 is 0. The first kappa shape index (κ1) is 31.3. The summed E-state index contributed by atoms with van der Waals surface area (Å²) in [5.41, 5.74) is 18.5. The van der Waals surface area contributed by atoms with Crippen LogP contribution in [0.5, 0.6) is 0 Å². The van der Waals surface area contributed by atoms with Crippen molar-refractivity contribution in [3.05, 3.63) is 55.8 Å². The lowest BCUT2D eigenvalue weighted by Crippen LogP contribution is -2.79. The molecule has 224 valence electrons. The van der Waals surface area contributed by atoms with Crippen LogP contribution in [-0.4, -0.2) is 26.8 Å². The lowest BCUT2D eigenvalue weighted by atomic mass is 9.39. The van der Waals surface area contributed by atoms with Gasteiger partial charge in [-0.3, -0.25) is 4.79 Å². The molecule has 0 unspecified atom stereocenters. The third-order valence-corrected chi connectivity index (χ3v) is 13.0. The maximum absolute atomic E-state index is 12.6. The van der Waals surface area contributed by atoms with E-state index in [-0.39, 0.29) is 27.3 Å². The van der Waals surface area contributed by atoms with Crippen molar-refractivity contribution in [3.8, 4) is 5.69 Å². The van der Waals surface area contributed by atoms with E-state index in [4.69, 9.17) is 10.8 Å². The van der Waals surface area contributed by atoms with Crippen molar-refractivity contribution < 1.29 is 4.79 Å². The van der Waals surface area contributed by atoms with Crippen LogP contribution in [0.25, 0.3) is 16.6 Å². The zero-order valence-electron chi connectivity index (χ0n) is 28.9. The van der Waals surface area contributed by atoms with Gasteiger partial charge in [0.15, 0.2) is 0 Å². The highest BCUT2D eigenvalue weighted by atomic mass is 16.1. The smallest absolute Gasteiger partial charge is 0.251 e. The maximum atomic E-state index is 12.6. The number of rotatable bonds is 3. The molecule has 1 aliphatic heterocycles. The van der Waals surface area contributed by atoms with E-state index < -0.39 is 5.91 Å². The molecule has 4 rings (SSSR count). The van der Waals surface area contributed by atoms with Gasteiger partial charge in [-0.05, 0) is 138 Å². The van der Waals surface area contributed by atoms with Gasteiger partial charge in [-0.15, -0.1) is 0 Å². The number of fused-ring (bicyclic) bond motifs is 1. The van der Waals surface area contributed by atoms with Crippen LogP contribution in [0.15, 0.2) is 0 Å². The molecule has 0 saturated carbocycles. The average Bonchev–Trinajstić information content (AvgIpc) is 3.15. The minimum atomic E-state index is -0.427. The Hall–Kier alpha value is -2.66. The molecule has 2 heterocycles. The highest BCUT2D eigenvalue weighted by molar-refractivity contribution is 6.08. The first-order chi connectivity index (χ1) is 18.4. The number of aromatic nitrogens is 2. The average molecular weight is 559 g/mol. The van der Waals surface area contributed by atoms with Crippen molar-refractivity contribution in [2.75, 3.05) is 0 Å². The molecule has 1 fully saturated rings. The number of carbonyl (C=O) groups is 1. The van der Waals surface area contributed by atoms with Gasteiger partial charge in [0.1, 0.15) is 5.52 Å². The molecule has 1 saturated heterocycles. The number of nitrogens with zero attached hydrogens (tertiary/aromatic N) is 2. The first-order valence-electron chi connectivity index (χ1n) is 15.1. The number of primary amides is 1. The lowest BCUT2D eigenvalue weighted by Gasteiger charge is -2.71. The molecule has 3 N–H and O–H groups in total. The summed E-state index contributed by atoms with van der Waals surface area (Å²) in [6, 6.07) is 0. The van der Waals surface area contributed by atoms with Gasteiger partial charge in [0.05, 0.1) is 11.3 Å². The summed E-state index contributed by atoms with van der Waals surface area (Å²) in [5, 5.41) is 10.3. The van der Waals surface area contributed by atoms with Gasteiger partial charge >= 0.3 is 0 Å². The second kappa shape index (κ2) is 8.92. The molecule has 0 bridgehead atoms. The summed E-state index contributed by atoms with van der Waals surface area (Å²) in [6.45, 7) is 39.1. The van der Waals surface area contributed by atoms with Crippen molar-refractivity contribution in [2.24, 2.45) is 16.6 Å². The Labute approximate surface area is 248 Å². The molecular formula is C36H54N4O. The molecule has 1 aromatic heterocycles. The molecule has 0 aliphatic carbocycles. The third-order valence-electron chi connectivity index (χ3n) is 13.0. The fourth-order valence-electron chi connectivity index (χ4n) is 8.71. The molecule has 5 heteroatoms. The highest BCUT2D eigenvalue weighted by Crippen LogP contribution is 2.65. The molecule has 2 aromatic carbocycles. The summed E-state index contributed by atoms with van der Waals surface area (Å²) < 4.78 is 2.07. The number of carbonyl (C=O) groups excluding carboxylic acids is 1. The third kappa shape index (κ3) is 3.63. The quantitative estimate of drug-likeness (QED) is 0.341. The molecular weight excluding hydrogens is 504 g/mol. The van der Waals surface area contributed by atoms with E-state index in [2.05, 4.69) is 121 Å². The number of amides is 1. The van der Waals surface area contributed by atoms with Gasteiger partial charge in [-0.2, -0.15) is 5.10 Å². The highest BCUT2D eigenvalue weighted by Gasteiger charge is 2.67. The zero-order valence-corrected chi connectivity index (χ0v) is 28.9. The SMILES string of the molecule is Cc1c(C)c([C@@]2(C)C(C)(C)NC(C)(C)C(C)(C)C2(C)C)c(C)c(C)c1-n1nc2c(C(N)=O)c(C)c(C)c(C)c2c1C. The van der Waals surface area contributed by atoms with Crippen LogP contribution < -0.4 is 11.1 Å². The largest absolute Gasteiger partial charge is 0.366 e. The Kier molecular flexibility index (Phi) is 6.81. The molecule has 1 atom stereocenters. The Morgan fingerprint density at radius 1 is 0.659 bits per heavy atom. The van der Waals surface area contributed by atoms with Gasteiger partial charge in [0.2, 0.25) is 0 Å². The summed E-state index contributed by atoms with van der Waals surface area (Å²) in [7, 11) is 0. The Balaban J connectivity index is 2.12. The van der Waals surface area contributed by atoms with E-state index in [9.17, 15) is 4.79 Å². The molecule has 41 heavy (non-hydrogen) atoms. The minimum Gasteiger partial charge on any atom is -0.366 e. The molecule has 0 spiro atoms. The number of benzene rings is 2. The Bertz CT molecular complexity index is 1600. The van der Waals surface area contributed by atoms with Crippen molar-refractivity contribution in [1.82, 2.24) is 15.1 Å². The van der Waals surface area contributed by atoms with Crippen LogP contribution in [0.3, 0.4) is 0 Å². The topological polar surface area (TPSA) is 72.9 Å².